The van der Waals surface area contributed by atoms with Crippen LogP contribution in [-0.4, -0.2) is 42.6 Å². The minimum Gasteiger partial charge on any atom is -0.348 e. The molecule has 24 heavy (non-hydrogen) atoms. The van der Waals surface area contributed by atoms with Gasteiger partial charge in [-0.05, 0) is 12.5 Å². The molecule has 1 aromatic rings. The van der Waals surface area contributed by atoms with E-state index in [1.165, 1.54) is 6.92 Å². The molecular weight excluding hydrogens is 310 g/mol. The first kappa shape index (κ1) is 19.3. The van der Waals surface area contributed by atoms with Crippen LogP contribution in [0.3, 0.4) is 0 Å². The highest BCUT2D eigenvalue weighted by molar-refractivity contribution is 5.91. The van der Waals surface area contributed by atoms with E-state index in [9.17, 15) is 19.2 Å². The summed E-state index contributed by atoms with van der Waals surface area (Å²) in [7, 11) is 0. The van der Waals surface area contributed by atoms with Gasteiger partial charge in [0.25, 0.3) is 0 Å². The fraction of sp³-hybridized carbons (Fsp3) is 0.412. The third-order valence-electron chi connectivity index (χ3n) is 3.21. The van der Waals surface area contributed by atoms with Gasteiger partial charge in [-0.3, -0.25) is 19.2 Å². The van der Waals surface area contributed by atoms with Crippen LogP contribution in [-0.2, 0) is 25.6 Å². The van der Waals surface area contributed by atoms with Crippen molar-refractivity contribution in [2.24, 2.45) is 0 Å². The van der Waals surface area contributed by atoms with Crippen molar-refractivity contribution in [3.63, 3.8) is 0 Å². The molecule has 7 nitrogen and oxygen atoms in total. The summed E-state index contributed by atoms with van der Waals surface area (Å²) >= 11 is 0. The first-order valence-electron chi connectivity index (χ1n) is 7.79. The molecule has 0 fully saturated rings. The Kier molecular flexibility index (Phi) is 8.18. The highest BCUT2D eigenvalue weighted by atomic mass is 16.2. The van der Waals surface area contributed by atoms with Gasteiger partial charge < -0.3 is 16.0 Å². The van der Waals surface area contributed by atoms with E-state index < -0.39 is 17.9 Å². The van der Waals surface area contributed by atoms with Crippen molar-refractivity contribution in [2.75, 3.05) is 13.1 Å². The standard InChI is InChI=1S/C17H23N3O4/c1-3-15(22)20-14(9-13-7-5-4-6-8-13)17(24)19-11-16(23)18-10-12(2)21/h4-8,14H,3,9-11H2,1-2H3,(H,18,23)(H,19,24)(H,20,22)/t14-/m0/s1. The summed E-state index contributed by atoms with van der Waals surface area (Å²) < 4.78 is 0. The van der Waals surface area contributed by atoms with Crippen molar-refractivity contribution >= 4 is 23.5 Å². The minimum atomic E-state index is -0.763. The number of amides is 3. The van der Waals surface area contributed by atoms with Gasteiger partial charge in [0.2, 0.25) is 17.7 Å². The molecule has 1 atom stereocenters. The van der Waals surface area contributed by atoms with Gasteiger partial charge in [0.15, 0.2) is 0 Å². The molecule has 0 bridgehead atoms. The van der Waals surface area contributed by atoms with Crippen LogP contribution in [0, 0.1) is 0 Å². The van der Waals surface area contributed by atoms with Gasteiger partial charge in [0.1, 0.15) is 11.8 Å². The molecule has 0 spiro atoms. The second-order valence-electron chi connectivity index (χ2n) is 5.36. The monoisotopic (exact) mass is 333 g/mol. The van der Waals surface area contributed by atoms with E-state index in [1.807, 2.05) is 30.3 Å². The van der Waals surface area contributed by atoms with E-state index >= 15 is 0 Å². The molecule has 0 heterocycles. The average Bonchev–Trinajstić information content (AvgIpc) is 2.57. The van der Waals surface area contributed by atoms with Crippen molar-refractivity contribution in [2.45, 2.75) is 32.7 Å². The van der Waals surface area contributed by atoms with Crippen molar-refractivity contribution in [3.8, 4) is 0 Å². The van der Waals surface area contributed by atoms with Crippen molar-refractivity contribution in [3.05, 3.63) is 35.9 Å². The maximum atomic E-state index is 12.3. The lowest BCUT2D eigenvalue weighted by atomic mass is 10.1. The van der Waals surface area contributed by atoms with Crippen LogP contribution < -0.4 is 16.0 Å². The summed E-state index contributed by atoms with van der Waals surface area (Å²) in [4.78, 5) is 46.2. The number of hydrogen-bond donors (Lipinski definition) is 3. The fourth-order valence-corrected chi connectivity index (χ4v) is 1.93. The molecule has 7 heteroatoms. The Balaban J connectivity index is 2.61. The fourth-order valence-electron chi connectivity index (χ4n) is 1.93. The topological polar surface area (TPSA) is 104 Å². The lowest BCUT2D eigenvalue weighted by Gasteiger charge is -2.18. The summed E-state index contributed by atoms with van der Waals surface area (Å²) in [6, 6.07) is 8.52. The van der Waals surface area contributed by atoms with Gasteiger partial charge >= 0.3 is 0 Å². The first-order valence-corrected chi connectivity index (χ1v) is 7.79. The van der Waals surface area contributed by atoms with Gasteiger partial charge in [0.05, 0.1) is 13.1 Å². The normalized spacial score (nSPS) is 11.2. The van der Waals surface area contributed by atoms with Gasteiger partial charge in [-0.1, -0.05) is 37.3 Å². The summed E-state index contributed by atoms with van der Waals surface area (Å²) in [5.74, 6) is -1.32. The molecule has 1 aromatic carbocycles. The number of carbonyl (C=O) groups excluding carboxylic acids is 4. The molecule has 0 saturated heterocycles. The zero-order valence-corrected chi connectivity index (χ0v) is 13.9. The number of carbonyl (C=O) groups is 4. The maximum Gasteiger partial charge on any atom is 0.243 e. The van der Waals surface area contributed by atoms with Crippen LogP contribution in [0.15, 0.2) is 30.3 Å². The zero-order valence-electron chi connectivity index (χ0n) is 13.9. The molecule has 1 rings (SSSR count). The minimum absolute atomic E-state index is 0.0747. The van der Waals surface area contributed by atoms with Crippen LogP contribution in [0.2, 0.25) is 0 Å². The molecule has 0 saturated carbocycles. The third-order valence-corrected chi connectivity index (χ3v) is 3.21. The van der Waals surface area contributed by atoms with Crippen molar-refractivity contribution in [1.82, 2.24) is 16.0 Å². The quantitative estimate of drug-likeness (QED) is 0.589. The Bertz CT molecular complexity index is 587. The van der Waals surface area contributed by atoms with E-state index in [1.54, 1.807) is 6.92 Å². The predicted molar refractivity (Wildman–Crippen MR) is 89.1 cm³/mol. The van der Waals surface area contributed by atoms with Gasteiger partial charge in [-0.2, -0.15) is 0 Å². The molecular formula is C17H23N3O4. The van der Waals surface area contributed by atoms with Gasteiger partial charge in [0, 0.05) is 12.8 Å². The summed E-state index contributed by atoms with van der Waals surface area (Å²) in [6.45, 7) is 2.73. The second kappa shape index (κ2) is 10.1. The molecule has 0 aliphatic carbocycles. The maximum absolute atomic E-state index is 12.3. The largest absolute Gasteiger partial charge is 0.348 e. The molecule has 0 aliphatic rings. The number of ketones is 1. The lowest BCUT2D eigenvalue weighted by Crippen LogP contribution is -2.50. The second-order valence-corrected chi connectivity index (χ2v) is 5.36. The molecule has 0 aromatic heterocycles. The first-order chi connectivity index (χ1) is 11.4. The highest BCUT2D eigenvalue weighted by Gasteiger charge is 2.21. The van der Waals surface area contributed by atoms with Gasteiger partial charge in [-0.15, -0.1) is 0 Å². The number of hydrogen-bond acceptors (Lipinski definition) is 4. The molecule has 0 aliphatic heterocycles. The van der Waals surface area contributed by atoms with Crippen LogP contribution in [0.25, 0.3) is 0 Å². The summed E-state index contributed by atoms with van der Waals surface area (Å²) in [6.07, 6.45) is 0.588. The Hall–Kier alpha value is -2.70. The Labute approximate surface area is 141 Å². The smallest absolute Gasteiger partial charge is 0.243 e. The van der Waals surface area contributed by atoms with Crippen LogP contribution in [0.5, 0.6) is 0 Å². The number of rotatable bonds is 9. The van der Waals surface area contributed by atoms with E-state index in [-0.39, 0.29) is 31.2 Å². The lowest BCUT2D eigenvalue weighted by molar-refractivity contribution is -0.130. The molecule has 0 unspecified atom stereocenters. The number of Topliss-reactive ketones (excluding diaryl/α,β-unsaturated/α-hetero) is 1. The summed E-state index contributed by atoms with van der Waals surface area (Å²) in [5, 5.41) is 7.52. The van der Waals surface area contributed by atoms with Crippen LogP contribution in [0.4, 0.5) is 0 Å². The highest BCUT2D eigenvalue weighted by Crippen LogP contribution is 2.04. The Morgan fingerprint density at radius 3 is 2.21 bits per heavy atom. The van der Waals surface area contributed by atoms with Crippen molar-refractivity contribution in [1.29, 1.82) is 0 Å². The zero-order chi connectivity index (χ0) is 17.9. The van der Waals surface area contributed by atoms with Crippen LogP contribution in [0.1, 0.15) is 25.8 Å². The van der Waals surface area contributed by atoms with E-state index in [2.05, 4.69) is 16.0 Å². The van der Waals surface area contributed by atoms with Crippen molar-refractivity contribution < 1.29 is 19.2 Å². The number of benzene rings is 1. The Morgan fingerprint density at radius 2 is 1.62 bits per heavy atom. The third kappa shape index (κ3) is 7.53. The molecule has 0 radical (unpaired) electrons. The molecule has 130 valence electrons. The molecule has 3 N–H and O–H groups in total. The Morgan fingerprint density at radius 1 is 0.958 bits per heavy atom. The summed E-state index contributed by atoms with van der Waals surface area (Å²) in [5.41, 5.74) is 0.898. The SMILES string of the molecule is CCC(=O)N[C@@H](Cc1ccccc1)C(=O)NCC(=O)NCC(C)=O. The number of nitrogens with one attached hydrogen (secondary N) is 3. The predicted octanol–water partition coefficient (Wildman–Crippen LogP) is -0.0547. The average molecular weight is 333 g/mol. The van der Waals surface area contributed by atoms with E-state index in [0.29, 0.717) is 6.42 Å². The van der Waals surface area contributed by atoms with E-state index in [4.69, 9.17) is 0 Å². The van der Waals surface area contributed by atoms with Crippen LogP contribution >= 0.6 is 0 Å². The molecule has 3 amide bonds. The van der Waals surface area contributed by atoms with Gasteiger partial charge in [-0.25, -0.2) is 0 Å². The van der Waals surface area contributed by atoms with E-state index in [0.717, 1.165) is 5.56 Å².